The number of aromatic carboxylic acids is 1. The quantitative estimate of drug-likeness (QED) is 0.901. The van der Waals surface area contributed by atoms with E-state index in [-0.39, 0.29) is 18.1 Å². The lowest BCUT2D eigenvalue weighted by Gasteiger charge is -2.07. The van der Waals surface area contributed by atoms with Crippen molar-refractivity contribution in [2.24, 2.45) is 0 Å². The molecule has 0 aliphatic heterocycles. The molecule has 0 spiro atoms. The van der Waals surface area contributed by atoms with Gasteiger partial charge in [-0.3, -0.25) is 4.79 Å². The molecule has 1 amide bonds. The summed E-state index contributed by atoms with van der Waals surface area (Å²) in [6, 6.07) is 7.22. The first-order chi connectivity index (χ1) is 9.06. The van der Waals surface area contributed by atoms with Gasteiger partial charge in [0, 0.05) is 10.7 Å². The van der Waals surface area contributed by atoms with E-state index < -0.39 is 5.97 Å². The Bertz CT molecular complexity index is 624. The van der Waals surface area contributed by atoms with E-state index in [2.05, 4.69) is 26.2 Å². The minimum atomic E-state index is -1.12. The number of hydrogen-bond donors (Lipinski definition) is 2. The summed E-state index contributed by atoms with van der Waals surface area (Å²) >= 11 is 3.32. The Morgan fingerprint density at radius 2 is 2.11 bits per heavy atom. The van der Waals surface area contributed by atoms with E-state index in [1.807, 2.05) is 12.1 Å². The third-order valence-corrected chi connectivity index (χ3v) is 3.02. The second-order valence-electron chi connectivity index (χ2n) is 3.76. The van der Waals surface area contributed by atoms with Crippen LogP contribution in [0.5, 0.6) is 0 Å². The summed E-state index contributed by atoms with van der Waals surface area (Å²) in [6.07, 6.45) is 2.62. The van der Waals surface area contributed by atoms with Crippen LogP contribution in [0, 0.1) is 0 Å². The number of imidazole rings is 1. The summed E-state index contributed by atoms with van der Waals surface area (Å²) in [5, 5.41) is 11.4. The lowest BCUT2D eigenvalue weighted by Crippen LogP contribution is -2.18. The third kappa shape index (κ3) is 3.41. The Hall–Kier alpha value is -2.15. The average Bonchev–Trinajstić information content (AvgIpc) is 2.80. The molecule has 1 aromatic carbocycles. The molecule has 1 heterocycles. The van der Waals surface area contributed by atoms with Crippen LogP contribution in [0.3, 0.4) is 0 Å². The summed E-state index contributed by atoms with van der Waals surface area (Å²) in [5.74, 6) is -1.38. The fourth-order valence-electron chi connectivity index (χ4n) is 1.48. The second kappa shape index (κ2) is 5.66. The van der Waals surface area contributed by atoms with Crippen molar-refractivity contribution in [3.8, 4) is 0 Å². The van der Waals surface area contributed by atoms with E-state index in [1.165, 1.54) is 17.1 Å². The van der Waals surface area contributed by atoms with Gasteiger partial charge in [0.25, 0.3) is 0 Å². The largest absolute Gasteiger partial charge is 0.476 e. The van der Waals surface area contributed by atoms with E-state index in [1.54, 1.807) is 12.1 Å². The topological polar surface area (TPSA) is 84.2 Å². The summed E-state index contributed by atoms with van der Waals surface area (Å²) in [7, 11) is 0. The Balaban J connectivity index is 2.01. The molecule has 2 aromatic rings. The predicted molar refractivity (Wildman–Crippen MR) is 72.0 cm³/mol. The molecule has 0 radical (unpaired) electrons. The van der Waals surface area contributed by atoms with Crippen molar-refractivity contribution in [2.45, 2.75) is 6.54 Å². The van der Waals surface area contributed by atoms with Crippen molar-refractivity contribution in [3.05, 3.63) is 47.0 Å². The number of carboxylic acid groups (broad SMARTS) is 1. The highest BCUT2D eigenvalue weighted by molar-refractivity contribution is 9.10. The van der Waals surface area contributed by atoms with Crippen LogP contribution >= 0.6 is 15.9 Å². The van der Waals surface area contributed by atoms with Crippen molar-refractivity contribution in [3.63, 3.8) is 0 Å². The van der Waals surface area contributed by atoms with Crippen LogP contribution in [-0.2, 0) is 11.3 Å². The number of benzene rings is 1. The number of rotatable bonds is 4. The third-order valence-electron chi connectivity index (χ3n) is 2.33. The zero-order valence-electron chi connectivity index (χ0n) is 9.71. The van der Waals surface area contributed by atoms with Crippen molar-refractivity contribution >= 4 is 33.5 Å². The Morgan fingerprint density at radius 1 is 1.37 bits per heavy atom. The summed E-state index contributed by atoms with van der Waals surface area (Å²) in [4.78, 5) is 26.1. The van der Waals surface area contributed by atoms with Gasteiger partial charge in [-0.1, -0.05) is 12.1 Å². The van der Waals surface area contributed by atoms with E-state index in [4.69, 9.17) is 5.11 Å². The van der Waals surface area contributed by atoms with Gasteiger partial charge in [0.1, 0.15) is 6.54 Å². The predicted octanol–water partition coefficient (Wildman–Crippen LogP) is 1.98. The zero-order valence-corrected chi connectivity index (χ0v) is 11.3. The molecule has 2 rings (SSSR count). The molecule has 19 heavy (non-hydrogen) atoms. The Kier molecular flexibility index (Phi) is 3.96. The van der Waals surface area contributed by atoms with Gasteiger partial charge in [-0.05, 0) is 28.1 Å². The van der Waals surface area contributed by atoms with E-state index in [0.717, 1.165) is 4.47 Å². The van der Waals surface area contributed by atoms with Crippen molar-refractivity contribution in [2.75, 3.05) is 5.32 Å². The fourth-order valence-corrected chi connectivity index (χ4v) is 1.86. The first kappa shape index (κ1) is 13.3. The molecule has 0 saturated heterocycles. The SMILES string of the molecule is O=C(Cn1cnc(C(=O)O)c1)Nc1ccccc1Br. The summed E-state index contributed by atoms with van der Waals surface area (Å²) < 4.78 is 2.19. The number of nitrogens with zero attached hydrogens (tertiary/aromatic N) is 2. The molecule has 0 aliphatic rings. The standard InChI is InChI=1S/C12H10BrN3O3/c13-8-3-1-2-4-9(8)15-11(17)6-16-5-10(12(18)19)14-7-16/h1-5,7H,6H2,(H,15,17)(H,18,19). The molecule has 98 valence electrons. The van der Waals surface area contributed by atoms with E-state index >= 15 is 0 Å². The normalized spacial score (nSPS) is 10.2. The number of halogens is 1. The molecular weight excluding hydrogens is 314 g/mol. The summed E-state index contributed by atoms with van der Waals surface area (Å²) in [6.45, 7) is 0.00160. The number of carbonyl (C=O) groups excluding carboxylic acids is 1. The molecule has 0 atom stereocenters. The van der Waals surface area contributed by atoms with Gasteiger partial charge in [-0.25, -0.2) is 9.78 Å². The maximum Gasteiger partial charge on any atom is 0.356 e. The molecule has 0 fully saturated rings. The lowest BCUT2D eigenvalue weighted by atomic mass is 10.3. The maximum absolute atomic E-state index is 11.8. The van der Waals surface area contributed by atoms with Crippen LogP contribution in [0.15, 0.2) is 41.3 Å². The van der Waals surface area contributed by atoms with Gasteiger partial charge >= 0.3 is 5.97 Å². The zero-order chi connectivity index (χ0) is 13.8. The molecule has 0 bridgehead atoms. The molecule has 0 unspecified atom stereocenters. The van der Waals surface area contributed by atoms with Crippen LogP contribution in [0.25, 0.3) is 0 Å². The number of amides is 1. The van der Waals surface area contributed by atoms with Gasteiger partial charge in [0.05, 0.1) is 12.0 Å². The van der Waals surface area contributed by atoms with Crippen molar-refractivity contribution in [1.82, 2.24) is 9.55 Å². The van der Waals surface area contributed by atoms with Gasteiger partial charge in [0.15, 0.2) is 5.69 Å². The number of carboxylic acids is 1. The molecule has 1 aromatic heterocycles. The van der Waals surface area contributed by atoms with Gasteiger partial charge < -0.3 is 15.0 Å². The second-order valence-corrected chi connectivity index (χ2v) is 4.62. The number of para-hydroxylation sites is 1. The molecule has 0 saturated carbocycles. The fraction of sp³-hybridized carbons (Fsp3) is 0.0833. The smallest absolute Gasteiger partial charge is 0.356 e. The van der Waals surface area contributed by atoms with Crippen molar-refractivity contribution in [1.29, 1.82) is 0 Å². The molecule has 7 heteroatoms. The summed E-state index contributed by atoms with van der Waals surface area (Å²) in [5.41, 5.74) is 0.569. The van der Waals surface area contributed by atoms with Crippen LogP contribution < -0.4 is 5.32 Å². The van der Waals surface area contributed by atoms with Gasteiger partial charge in [0.2, 0.25) is 5.91 Å². The van der Waals surface area contributed by atoms with Crippen LogP contribution in [0.2, 0.25) is 0 Å². The first-order valence-corrected chi connectivity index (χ1v) is 6.15. The van der Waals surface area contributed by atoms with Crippen LogP contribution in [-0.4, -0.2) is 26.5 Å². The average molecular weight is 324 g/mol. The molecule has 2 N–H and O–H groups in total. The molecule has 6 nitrogen and oxygen atoms in total. The first-order valence-electron chi connectivity index (χ1n) is 5.35. The highest BCUT2D eigenvalue weighted by Crippen LogP contribution is 2.21. The Labute approximate surface area is 117 Å². The minimum Gasteiger partial charge on any atom is -0.476 e. The highest BCUT2D eigenvalue weighted by Gasteiger charge is 2.09. The van der Waals surface area contributed by atoms with Gasteiger partial charge in [-0.15, -0.1) is 0 Å². The number of hydrogen-bond acceptors (Lipinski definition) is 3. The van der Waals surface area contributed by atoms with Gasteiger partial charge in [-0.2, -0.15) is 0 Å². The van der Waals surface area contributed by atoms with E-state index in [9.17, 15) is 9.59 Å². The van der Waals surface area contributed by atoms with Crippen LogP contribution in [0.1, 0.15) is 10.5 Å². The monoisotopic (exact) mass is 323 g/mol. The molecule has 0 aliphatic carbocycles. The lowest BCUT2D eigenvalue weighted by molar-refractivity contribution is -0.116. The highest BCUT2D eigenvalue weighted by atomic mass is 79.9. The molecular formula is C12H10BrN3O3. The minimum absolute atomic E-state index is 0.00160. The van der Waals surface area contributed by atoms with Crippen molar-refractivity contribution < 1.29 is 14.7 Å². The number of nitrogens with one attached hydrogen (secondary N) is 1. The van der Waals surface area contributed by atoms with Crippen LogP contribution in [0.4, 0.5) is 5.69 Å². The number of carbonyl (C=O) groups is 2. The Morgan fingerprint density at radius 3 is 2.74 bits per heavy atom. The number of aromatic nitrogens is 2. The maximum atomic E-state index is 11.8. The number of anilines is 1. The van der Waals surface area contributed by atoms with E-state index in [0.29, 0.717) is 5.69 Å².